The van der Waals surface area contributed by atoms with Crippen molar-refractivity contribution < 1.29 is 9.90 Å². The van der Waals surface area contributed by atoms with E-state index in [1.54, 1.807) is 12.1 Å². The number of benzene rings is 2. The summed E-state index contributed by atoms with van der Waals surface area (Å²) in [4.78, 5) is 11.1. The van der Waals surface area contributed by atoms with Crippen molar-refractivity contribution >= 4 is 17.6 Å². The normalized spacial score (nSPS) is 17.9. The van der Waals surface area contributed by atoms with Gasteiger partial charge in [0.2, 0.25) is 0 Å². The zero-order valence-corrected chi connectivity index (χ0v) is 18.2. The molecule has 2 aromatic rings. The van der Waals surface area contributed by atoms with Crippen LogP contribution in [0.1, 0.15) is 91.2 Å². The summed E-state index contributed by atoms with van der Waals surface area (Å²) in [5, 5.41) is 9.09. The van der Waals surface area contributed by atoms with Crippen molar-refractivity contribution in [2.45, 2.75) is 72.1 Å². The zero-order valence-electron chi connectivity index (χ0n) is 18.2. The van der Waals surface area contributed by atoms with Gasteiger partial charge in [0.05, 0.1) is 5.56 Å². The minimum atomic E-state index is -0.891. The molecule has 0 radical (unpaired) electrons. The molecule has 0 heterocycles. The summed E-state index contributed by atoms with van der Waals surface area (Å²) in [5.41, 5.74) is 10.1. The van der Waals surface area contributed by atoms with Crippen molar-refractivity contribution in [2.75, 3.05) is 0 Å². The van der Waals surface area contributed by atoms with Gasteiger partial charge in [0.1, 0.15) is 0 Å². The van der Waals surface area contributed by atoms with Crippen LogP contribution in [-0.4, -0.2) is 11.1 Å². The lowest BCUT2D eigenvalue weighted by molar-refractivity contribution is 0.0697. The SMILES string of the molecule is CC(=Cc1ccc(C(=O)O)cc1)c1cc(C)c2c(c1C)C(C)(C)CCC2(C)C. The highest BCUT2D eigenvalue weighted by Crippen LogP contribution is 2.49. The van der Waals surface area contributed by atoms with Crippen LogP contribution in [0.25, 0.3) is 11.6 Å². The summed E-state index contributed by atoms with van der Waals surface area (Å²) in [6.07, 6.45) is 4.58. The van der Waals surface area contributed by atoms with Crippen LogP contribution in [0, 0.1) is 13.8 Å². The van der Waals surface area contributed by atoms with Crippen molar-refractivity contribution in [3.8, 4) is 0 Å². The fourth-order valence-electron chi connectivity index (χ4n) is 4.97. The summed E-state index contributed by atoms with van der Waals surface area (Å²) < 4.78 is 0. The number of aromatic carboxylic acids is 1. The number of allylic oxidation sites excluding steroid dienone is 1. The van der Waals surface area contributed by atoms with Gasteiger partial charge in [-0.1, -0.05) is 52.0 Å². The molecule has 0 fully saturated rings. The summed E-state index contributed by atoms with van der Waals surface area (Å²) in [7, 11) is 0. The first-order chi connectivity index (χ1) is 12.9. The van der Waals surface area contributed by atoms with Crippen LogP contribution < -0.4 is 0 Å². The van der Waals surface area contributed by atoms with Crippen molar-refractivity contribution in [1.29, 1.82) is 0 Å². The molecule has 1 aliphatic carbocycles. The summed E-state index contributed by atoms with van der Waals surface area (Å²) in [6, 6.07) is 9.42. The molecule has 0 spiro atoms. The van der Waals surface area contributed by atoms with Crippen LogP contribution in [0.3, 0.4) is 0 Å². The van der Waals surface area contributed by atoms with Crippen molar-refractivity contribution in [3.05, 3.63) is 69.3 Å². The smallest absolute Gasteiger partial charge is 0.335 e. The highest BCUT2D eigenvalue weighted by atomic mass is 16.4. The maximum Gasteiger partial charge on any atom is 0.335 e. The molecule has 1 N–H and O–H groups in total. The van der Waals surface area contributed by atoms with E-state index < -0.39 is 5.97 Å². The molecule has 1 aliphatic rings. The lowest BCUT2D eigenvalue weighted by atomic mass is 9.60. The predicted molar refractivity (Wildman–Crippen MR) is 118 cm³/mol. The second-order valence-electron chi connectivity index (χ2n) is 9.64. The van der Waals surface area contributed by atoms with Crippen LogP contribution in [0.4, 0.5) is 0 Å². The third kappa shape index (κ3) is 3.53. The fraction of sp³-hybridized carbons (Fsp3) is 0.423. The van der Waals surface area contributed by atoms with Gasteiger partial charge in [0.15, 0.2) is 0 Å². The lowest BCUT2D eigenvalue weighted by Crippen LogP contribution is -2.35. The van der Waals surface area contributed by atoms with Crippen LogP contribution in [0.5, 0.6) is 0 Å². The van der Waals surface area contributed by atoms with E-state index in [9.17, 15) is 4.79 Å². The molecule has 0 saturated carbocycles. The second kappa shape index (κ2) is 6.92. The average molecular weight is 377 g/mol. The number of hydrogen-bond donors (Lipinski definition) is 1. The number of fused-ring (bicyclic) bond motifs is 1. The number of carboxylic acid groups (broad SMARTS) is 1. The van der Waals surface area contributed by atoms with Crippen molar-refractivity contribution in [1.82, 2.24) is 0 Å². The van der Waals surface area contributed by atoms with Crippen LogP contribution in [0.2, 0.25) is 0 Å². The largest absolute Gasteiger partial charge is 0.478 e. The Morgan fingerprint density at radius 1 is 0.964 bits per heavy atom. The Morgan fingerprint density at radius 2 is 1.50 bits per heavy atom. The zero-order chi connectivity index (χ0) is 20.9. The second-order valence-corrected chi connectivity index (χ2v) is 9.64. The van der Waals surface area contributed by atoms with Gasteiger partial charge in [-0.25, -0.2) is 4.79 Å². The summed E-state index contributed by atoms with van der Waals surface area (Å²) in [5.74, 6) is -0.891. The maximum absolute atomic E-state index is 11.1. The van der Waals surface area contributed by atoms with E-state index in [-0.39, 0.29) is 10.8 Å². The minimum absolute atomic E-state index is 0.180. The van der Waals surface area contributed by atoms with Gasteiger partial charge in [-0.15, -0.1) is 0 Å². The summed E-state index contributed by atoms with van der Waals surface area (Å²) in [6.45, 7) is 16.2. The molecule has 2 aromatic carbocycles. The van der Waals surface area contributed by atoms with Crippen molar-refractivity contribution in [2.24, 2.45) is 0 Å². The highest BCUT2D eigenvalue weighted by molar-refractivity contribution is 5.88. The topological polar surface area (TPSA) is 37.3 Å². The molecular weight excluding hydrogens is 344 g/mol. The molecule has 0 atom stereocenters. The molecule has 0 aromatic heterocycles. The third-order valence-electron chi connectivity index (χ3n) is 6.48. The van der Waals surface area contributed by atoms with Crippen LogP contribution in [-0.2, 0) is 10.8 Å². The van der Waals surface area contributed by atoms with Gasteiger partial charge >= 0.3 is 5.97 Å². The Hall–Kier alpha value is -2.35. The maximum atomic E-state index is 11.1. The summed E-state index contributed by atoms with van der Waals surface area (Å²) >= 11 is 0. The average Bonchev–Trinajstić information content (AvgIpc) is 2.60. The molecule has 2 nitrogen and oxygen atoms in total. The number of carbonyl (C=O) groups is 1. The number of hydrogen-bond acceptors (Lipinski definition) is 1. The molecular formula is C26H32O2. The van der Waals surface area contributed by atoms with Gasteiger partial charge in [0.25, 0.3) is 0 Å². The molecule has 2 heteroatoms. The monoisotopic (exact) mass is 376 g/mol. The number of rotatable bonds is 3. The fourth-order valence-corrected chi connectivity index (χ4v) is 4.97. The molecule has 0 unspecified atom stereocenters. The van der Waals surface area contributed by atoms with E-state index in [1.807, 2.05) is 12.1 Å². The molecule has 3 rings (SSSR count). The van der Waals surface area contributed by atoms with Gasteiger partial charge in [-0.3, -0.25) is 0 Å². The Morgan fingerprint density at radius 3 is 2.04 bits per heavy atom. The van der Waals surface area contributed by atoms with E-state index >= 15 is 0 Å². The molecule has 148 valence electrons. The van der Waals surface area contributed by atoms with E-state index in [4.69, 9.17) is 5.11 Å². The first-order valence-electron chi connectivity index (χ1n) is 10.1. The van der Waals surface area contributed by atoms with Gasteiger partial charge in [0, 0.05) is 0 Å². The van der Waals surface area contributed by atoms with E-state index in [2.05, 4.69) is 60.6 Å². The van der Waals surface area contributed by atoms with Crippen LogP contribution >= 0.6 is 0 Å². The molecule has 0 aliphatic heterocycles. The standard InChI is InChI=1S/C26H32O2/c1-16(14-19-8-10-20(11-9-19)24(27)28)21-15-17(2)22-23(18(21)3)26(6,7)13-12-25(22,4)5/h8-11,14-15H,12-13H2,1-7H3,(H,27,28). The Kier molecular flexibility index (Phi) is 5.04. The van der Waals surface area contributed by atoms with Gasteiger partial charge in [-0.2, -0.15) is 0 Å². The quantitative estimate of drug-likeness (QED) is 0.591. The Labute approximate surface area is 169 Å². The number of aryl methyl sites for hydroxylation is 1. The first kappa shape index (κ1) is 20.4. The van der Waals surface area contributed by atoms with E-state index in [0.29, 0.717) is 5.56 Å². The molecule has 0 saturated heterocycles. The first-order valence-corrected chi connectivity index (χ1v) is 10.1. The van der Waals surface area contributed by atoms with Gasteiger partial charge in [-0.05, 0) is 95.5 Å². The third-order valence-corrected chi connectivity index (χ3v) is 6.48. The van der Waals surface area contributed by atoms with Gasteiger partial charge < -0.3 is 5.11 Å². The van der Waals surface area contributed by atoms with Crippen molar-refractivity contribution in [3.63, 3.8) is 0 Å². The Balaban J connectivity index is 2.13. The molecule has 0 bridgehead atoms. The number of carboxylic acids is 1. The minimum Gasteiger partial charge on any atom is -0.478 e. The van der Waals surface area contributed by atoms with E-state index in [1.165, 1.54) is 46.2 Å². The molecule has 0 amide bonds. The molecule has 28 heavy (non-hydrogen) atoms. The highest BCUT2D eigenvalue weighted by Gasteiger charge is 2.39. The predicted octanol–water partition coefficient (Wildman–Crippen LogP) is 6.91. The van der Waals surface area contributed by atoms with E-state index in [0.717, 1.165) is 5.56 Å². The lowest BCUT2D eigenvalue weighted by Gasteiger charge is -2.44. The van der Waals surface area contributed by atoms with Crippen LogP contribution in [0.15, 0.2) is 30.3 Å². The Bertz CT molecular complexity index is 957.